The maximum Gasteiger partial charge on any atom is 0.293 e. The van der Waals surface area contributed by atoms with E-state index in [1.807, 2.05) is 25.1 Å². The molecule has 0 spiro atoms. The van der Waals surface area contributed by atoms with Crippen molar-refractivity contribution >= 4 is 34.2 Å². The van der Waals surface area contributed by atoms with Crippen molar-refractivity contribution in [1.82, 2.24) is 0 Å². The van der Waals surface area contributed by atoms with Gasteiger partial charge in [-0.25, -0.2) is 0 Å². The fourth-order valence-electron chi connectivity index (χ4n) is 3.73. The van der Waals surface area contributed by atoms with Crippen LogP contribution in [0.25, 0.3) is 11.0 Å². The summed E-state index contributed by atoms with van der Waals surface area (Å²) in [5.41, 5.74) is 1.61. The highest BCUT2D eigenvalue weighted by atomic mass is 16.5. The maximum atomic E-state index is 12.9. The number of carbonyl (C=O) groups excluding carboxylic acids is 2. The molecule has 0 aliphatic heterocycles. The van der Waals surface area contributed by atoms with Crippen LogP contribution >= 0.6 is 0 Å². The normalized spacial score (nSPS) is 14.1. The Morgan fingerprint density at radius 2 is 1.76 bits per heavy atom. The van der Waals surface area contributed by atoms with Gasteiger partial charge in [0, 0.05) is 17.0 Å². The first-order valence-corrected chi connectivity index (χ1v) is 10.0. The number of rotatable bonds is 6. The summed E-state index contributed by atoms with van der Waals surface area (Å²) in [7, 11) is 0. The molecule has 0 radical (unpaired) electrons. The van der Waals surface area contributed by atoms with E-state index >= 15 is 0 Å². The molecule has 2 amide bonds. The molecule has 1 saturated carbocycles. The van der Waals surface area contributed by atoms with E-state index in [-0.39, 0.29) is 17.6 Å². The summed E-state index contributed by atoms with van der Waals surface area (Å²) in [6.07, 6.45) is 3.90. The fraction of sp³-hybridized carbons (Fsp3) is 0.304. The van der Waals surface area contributed by atoms with Crippen molar-refractivity contribution in [2.45, 2.75) is 32.6 Å². The molecule has 2 N–H and O–H groups in total. The number of ether oxygens (including phenoxy) is 1. The van der Waals surface area contributed by atoms with Crippen molar-refractivity contribution in [2.24, 2.45) is 5.92 Å². The molecule has 0 atom stereocenters. The molecule has 1 fully saturated rings. The monoisotopic (exact) mass is 392 g/mol. The van der Waals surface area contributed by atoms with Crippen LogP contribution in [-0.2, 0) is 4.79 Å². The largest absolute Gasteiger partial charge is 0.494 e. The van der Waals surface area contributed by atoms with Crippen LogP contribution in [0.5, 0.6) is 5.75 Å². The number of anilines is 2. The summed E-state index contributed by atoms with van der Waals surface area (Å²) in [5.74, 6) is 0.368. The fourth-order valence-corrected chi connectivity index (χ4v) is 3.73. The van der Waals surface area contributed by atoms with E-state index in [4.69, 9.17) is 9.15 Å². The van der Waals surface area contributed by atoms with Crippen LogP contribution in [0.4, 0.5) is 11.4 Å². The van der Waals surface area contributed by atoms with Crippen molar-refractivity contribution in [3.8, 4) is 5.75 Å². The smallest absolute Gasteiger partial charge is 0.293 e. The lowest BCUT2D eigenvalue weighted by Gasteiger charge is -2.11. The van der Waals surface area contributed by atoms with Crippen LogP contribution in [0.1, 0.15) is 43.2 Å². The Hall–Kier alpha value is -3.28. The summed E-state index contributed by atoms with van der Waals surface area (Å²) in [4.78, 5) is 25.6. The lowest BCUT2D eigenvalue weighted by molar-refractivity contribution is -0.119. The number of carbonyl (C=O) groups is 2. The van der Waals surface area contributed by atoms with E-state index in [2.05, 4.69) is 10.6 Å². The standard InChI is InChI=1S/C23H24N2O4/c1-2-28-17-13-11-16(12-14-17)24-23(27)21-20(18-9-5-6-10-19(18)29-21)25-22(26)15-7-3-4-8-15/h5-6,9-15H,2-4,7-8H2,1H3,(H,24,27)(H,25,26). The van der Waals surface area contributed by atoms with Gasteiger partial charge in [0.25, 0.3) is 5.91 Å². The molecule has 6 heteroatoms. The molecule has 0 bridgehead atoms. The third-order valence-corrected chi connectivity index (χ3v) is 5.20. The highest BCUT2D eigenvalue weighted by molar-refractivity contribution is 6.14. The number of fused-ring (bicyclic) bond motifs is 1. The van der Waals surface area contributed by atoms with Crippen LogP contribution in [0.15, 0.2) is 52.9 Å². The van der Waals surface area contributed by atoms with E-state index in [0.29, 0.717) is 23.6 Å². The lowest BCUT2D eigenvalue weighted by Crippen LogP contribution is -2.22. The third kappa shape index (κ3) is 4.11. The summed E-state index contributed by atoms with van der Waals surface area (Å²) < 4.78 is 11.2. The average Bonchev–Trinajstić information content (AvgIpc) is 3.38. The van der Waals surface area contributed by atoms with Crippen molar-refractivity contribution in [3.63, 3.8) is 0 Å². The lowest BCUT2D eigenvalue weighted by atomic mass is 10.1. The highest BCUT2D eigenvalue weighted by Crippen LogP contribution is 2.33. The first-order valence-electron chi connectivity index (χ1n) is 10.0. The molecule has 0 saturated heterocycles. The van der Waals surface area contributed by atoms with Crippen molar-refractivity contribution in [2.75, 3.05) is 17.2 Å². The Labute approximate surface area is 169 Å². The molecule has 1 aliphatic rings. The molecule has 1 aromatic heterocycles. The van der Waals surface area contributed by atoms with Gasteiger partial charge in [-0.3, -0.25) is 9.59 Å². The minimum Gasteiger partial charge on any atom is -0.494 e. The Kier molecular flexibility index (Phi) is 5.51. The van der Waals surface area contributed by atoms with Crippen LogP contribution in [0.2, 0.25) is 0 Å². The minimum atomic E-state index is -0.410. The SMILES string of the molecule is CCOc1ccc(NC(=O)c2oc3ccccc3c2NC(=O)C2CCCC2)cc1. The molecule has 2 aromatic carbocycles. The summed E-state index contributed by atoms with van der Waals surface area (Å²) in [5, 5.41) is 6.50. The van der Waals surface area contributed by atoms with Gasteiger partial charge in [-0.05, 0) is 56.2 Å². The van der Waals surface area contributed by atoms with E-state index in [1.165, 1.54) is 0 Å². The van der Waals surface area contributed by atoms with Gasteiger partial charge in [0.2, 0.25) is 11.7 Å². The van der Waals surface area contributed by atoms with Gasteiger partial charge in [0.1, 0.15) is 17.0 Å². The van der Waals surface area contributed by atoms with Crippen LogP contribution < -0.4 is 15.4 Å². The van der Waals surface area contributed by atoms with Crippen molar-refractivity contribution < 1.29 is 18.7 Å². The second kappa shape index (κ2) is 8.39. The molecular weight excluding hydrogens is 368 g/mol. The van der Waals surface area contributed by atoms with Gasteiger partial charge in [0.15, 0.2) is 0 Å². The second-order valence-electron chi connectivity index (χ2n) is 7.18. The molecule has 1 heterocycles. The zero-order chi connectivity index (χ0) is 20.2. The quantitative estimate of drug-likeness (QED) is 0.603. The van der Waals surface area contributed by atoms with Crippen LogP contribution in [0, 0.1) is 5.92 Å². The molecule has 150 valence electrons. The van der Waals surface area contributed by atoms with Gasteiger partial charge in [-0.2, -0.15) is 0 Å². The van der Waals surface area contributed by atoms with E-state index in [0.717, 1.165) is 36.8 Å². The molecule has 0 unspecified atom stereocenters. The number of benzene rings is 2. The number of nitrogens with one attached hydrogen (secondary N) is 2. The summed E-state index contributed by atoms with van der Waals surface area (Å²) in [6.45, 7) is 2.49. The van der Waals surface area contributed by atoms with E-state index in [1.54, 1.807) is 30.3 Å². The number of amides is 2. The van der Waals surface area contributed by atoms with Gasteiger partial charge in [-0.1, -0.05) is 25.0 Å². The van der Waals surface area contributed by atoms with E-state index < -0.39 is 5.91 Å². The maximum absolute atomic E-state index is 12.9. The van der Waals surface area contributed by atoms with Crippen LogP contribution in [0.3, 0.4) is 0 Å². The predicted molar refractivity (Wildman–Crippen MR) is 112 cm³/mol. The highest BCUT2D eigenvalue weighted by Gasteiger charge is 2.27. The zero-order valence-corrected chi connectivity index (χ0v) is 16.4. The van der Waals surface area contributed by atoms with E-state index in [9.17, 15) is 9.59 Å². The van der Waals surface area contributed by atoms with Gasteiger partial charge < -0.3 is 19.8 Å². The summed E-state index contributed by atoms with van der Waals surface area (Å²) in [6, 6.07) is 14.4. The average molecular weight is 392 g/mol. The Morgan fingerprint density at radius 3 is 2.48 bits per heavy atom. The van der Waals surface area contributed by atoms with Crippen LogP contribution in [-0.4, -0.2) is 18.4 Å². The predicted octanol–water partition coefficient (Wildman–Crippen LogP) is 5.21. The van der Waals surface area contributed by atoms with Gasteiger partial charge in [-0.15, -0.1) is 0 Å². The molecule has 6 nitrogen and oxygen atoms in total. The Bertz CT molecular complexity index is 1020. The second-order valence-corrected chi connectivity index (χ2v) is 7.18. The van der Waals surface area contributed by atoms with Gasteiger partial charge in [0.05, 0.1) is 6.61 Å². The van der Waals surface area contributed by atoms with Crippen molar-refractivity contribution in [3.05, 3.63) is 54.3 Å². The van der Waals surface area contributed by atoms with Gasteiger partial charge >= 0.3 is 0 Å². The minimum absolute atomic E-state index is 0.00863. The first-order chi connectivity index (χ1) is 14.2. The number of hydrogen-bond acceptors (Lipinski definition) is 4. The topological polar surface area (TPSA) is 80.6 Å². The number of para-hydroxylation sites is 1. The summed E-state index contributed by atoms with van der Waals surface area (Å²) >= 11 is 0. The number of furan rings is 1. The Morgan fingerprint density at radius 1 is 1.03 bits per heavy atom. The zero-order valence-electron chi connectivity index (χ0n) is 16.4. The molecule has 4 rings (SSSR count). The molecule has 29 heavy (non-hydrogen) atoms. The first kappa shape index (κ1) is 19.1. The molecule has 3 aromatic rings. The third-order valence-electron chi connectivity index (χ3n) is 5.20. The van der Waals surface area contributed by atoms with Crippen molar-refractivity contribution in [1.29, 1.82) is 0 Å². The Balaban J connectivity index is 1.60. The molecule has 1 aliphatic carbocycles. The number of hydrogen-bond donors (Lipinski definition) is 2. The molecular formula is C23H24N2O4.